The third kappa shape index (κ3) is 2.75. The van der Waals surface area contributed by atoms with Gasteiger partial charge in [-0.25, -0.2) is 0 Å². The van der Waals surface area contributed by atoms with Gasteiger partial charge >= 0.3 is 0 Å². The number of nitrogens with two attached hydrogens (primary N) is 1. The molecule has 0 aliphatic carbocycles. The number of rotatable bonds is 3. The van der Waals surface area contributed by atoms with Crippen LogP contribution in [0.4, 0.5) is 5.69 Å². The van der Waals surface area contributed by atoms with Crippen molar-refractivity contribution in [1.82, 2.24) is 0 Å². The summed E-state index contributed by atoms with van der Waals surface area (Å²) in [7, 11) is -4.37. The van der Waals surface area contributed by atoms with Crippen molar-refractivity contribution in [1.29, 1.82) is 0 Å². The summed E-state index contributed by atoms with van der Waals surface area (Å²) < 4.78 is 32.0. The highest BCUT2D eigenvalue weighted by atomic mass is 32.2. The molecular formula is C11H12N2O4S2. The molecular weight excluding hydrogens is 288 g/mol. The van der Waals surface area contributed by atoms with Gasteiger partial charge in [0, 0.05) is 6.20 Å². The van der Waals surface area contributed by atoms with Crippen molar-refractivity contribution in [3.05, 3.63) is 35.4 Å². The fourth-order valence-corrected chi connectivity index (χ4v) is 3.24. The Morgan fingerprint density at radius 1 is 1.47 bits per heavy atom. The molecule has 0 saturated carbocycles. The van der Waals surface area contributed by atoms with Crippen LogP contribution in [0.3, 0.4) is 0 Å². The average molecular weight is 300 g/mol. The van der Waals surface area contributed by atoms with Crippen molar-refractivity contribution >= 4 is 33.5 Å². The number of nitrogens with zero attached hydrogens (tertiary/aromatic N) is 1. The molecule has 6 nitrogen and oxygen atoms in total. The molecule has 19 heavy (non-hydrogen) atoms. The van der Waals surface area contributed by atoms with E-state index in [9.17, 15) is 17.8 Å². The summed E-state index contributed by atoms with van der Waals surface area (Å²) in [5.41, 5.74) is 6.30. The zero-order chi connectivity index (χ0) is 14.2. The first-order valence-electron chi connectivity index (χ1n) is 5.28. The Bertz CT molecular complexity index is 655. The first-order chi connectivity index (χ1) is 8.80. The van der Waals surface area contributed by atoms with Crippen LogP contribution in [0.1, 0.15) is 5.56 Å². The minimum atomic E-state index is -4.37. The molecule has 0 spiro atoms. The molecule has 0 aromatic heterocycles. The smallest absolute Gasteiger partial charge is 0.296 e. The molecule has 1 aliphatic rings. The maximum atomic E-state index is 11.4. The van der Waals surface area contributed by atoms with Crippen LogP contribution >= 0.6 is 11.8 Å². The van der Waals surface area contributed by atoms with Gasteiger partial charge in [0.05, 0.1) is 5.69 Å². The number of carbonyl (C=O) groups is 1. The molecule has 3 N–H and O–H groups in total. The minimum absolute atomic E-state index is 0.229. The molecule has 0 bridgehead atoms. The number of thioether (sulfide) groups is 1. The van der Waals surface area contributed by atoms with Crippen molar-refractivity contribution < 1.29 is 17.8 Å². The number of primary amides is 1. The lowest BCUT2D eigenvalue weighted by Crippen LogP contribution is -2.37. The van der Waals surface area contributed by atoms with E-state index in [-0.39, 0.29) is 10.6 Å². The lowest BCUT2D eigenvalue weighted by atomic mass is 10.2. The van der Waals surface area contributed by atoms with E-state index in [1.54, 1.807) is 30.7 Å². The maximum Gasteiger partial charge on any atom is 0.296 e. The first kappa shape index (κ1) is 13.9. The Morgan fingerprint density at radius 3 is 2.74 bits per heavy atom. The molecule has 1 unspecified atom stereocenters. The van der Waals surface area contributed by atoms with Gasteiger partial charge in [0.15, 0.2) is 5.37 Å². The Hall–Kier alpha value is -1.51. The monoisotopic (exact) mass is 300 g/mol. The third-order valence-electron chi connectivity index (χ3n) is 2.60. The van der Waals surface area contributed by atoms with E-state index in [2.05, 4.69) is 0 Å². The van der Waals surface area contributed by atoms with Crippen molar-refractivity contribution in [3.63, 3.8) is 0 Å². The van der Waals surface area contributed by atoms with Crippen LogP contribution in [0.2, 0.25) is 0 Å². The Kier molecular flexibility index (Phi) is 3.57. The molecule has 0 saturated heterocycles. The largest absolute Gasteiger partial charge is 0.367 e. The van der Waals surface area contributed by atoms with Gasteiger partial charge in [0.25, 0.3) is 16.0 Å². The molecule has 1 heterocycles. The number of hydrogen-bond acceptors (Lipinski definition) is 5. The highest BCUT2D eigenvalue weighted by Gasteiger charge is 2.30. The van der Waals surface area contributed by atoms with Crippen LogP contribution in [0.25, 0.3) is 0 Å². The molecule has 1 amide bonds. The average Bonchev–Trinajstić information content (AvgIpc) is 2.75. The van der Waals surface area contributed by atoms with Crippen molar-refractivity contribution in [2.24, 2.45) is 5.73 Å². The van der Waals surface area contributed by atoms with Gasteiger partial charge in [-0.1, -0.05) is 17.8 Å². The van der Waals surface area contributed by atoms with Gasteiger partial charge in [-0.15, -0.1) is 0 Å². The Balaban J connectivity index is 2.58. The van der Waals surface area contributed by atoms with E-state index in [0.29, 0.717) is 0 Å². The van der Waals surface area contributed by atoms with Gasteiger partial charge in [0.2, 0.25) is 0 Å². The third-order valence-corrected chi connectivity index (χ3v) is 4.49. The molecule has 0 fully saturated rings. The quantitative estimate of drug-likeness (QED) is 0.810. The number of hydrogen-bond donors (Lipinski definition) is 2. The molecule has 2 rings (SSSR count). The fourth-order valence-electron chi connectivity index (χ4n) is 1.78. The molecule has 8 heteroatoms. The first-order valence-corrected chi connectivity index (χ1v) is 7.67. The lowest BCUT2D eigenvalue weighted by Gasteiger charge is -2.24. The van der Waals surface area contributed by atoms with E-state index < -0.39 is 21.4 Å². The van der Waals surface area contributed by atoms with Gasteiger partial charge < -0.3 is 10.6 Å². The zero-order valence-corrected chi connectivity index (χ0v) is 11.6. The van der Waals surface area contributed by atoms with Crippen LogP contribution in [0.5, 0.6) is 0 Å². The number of carbonyl (C=O) groups excluding carboxylic acids is 1. The molecule has 1 aromatic carbocycles. The Morgan fingerprint density at radius 2 is 2.16 bits per heavy atom. The summed E-state index contributed by atoms with van der Waals surface area (Å²) >= 11 is 1.17. The summed E-state index contributed by atoms with van der Waals surface area (Å²) in [6.45, 7) is 1.78. The van der Waals surface area contributed by atoms with Gasteiger partial charge in [-0.2, -0.15) is 8.42 Å². The molecule has 1 atom stereocenters. The lowest BCUT2D eigenvalue weighted by molar-refractivity contribution is -0.117. The molecule has 1 aliphatic heterocycles. The van der Waals surface area contributed by atoms with Crippen LogP contribution in [-0.2, 0) is 14.9 Å². The van der Waals surface area contributed by atoms with E-state index in [1.165, 1.54) is 22.7 Å². The second kappa shape index (κ2) is 4.87. The van der Waals surface area contributed by atoms with Crippen molar-refractivity contribution in [2.45, 2.75) is 17.2 Å². The molecule has 0 radical (unpaired) electrons. The Labute approximate surface area is 115 Å². The predicted molar refractivity (Wildman–Crippen MR) is 73.2 cm³/mol. The van der Waals surface area contributed by atoms with Crippen molar-refractivity contribution in [2.75, 3.05) is 4.90 Å². The normalized spacial score (nSPS) is 18.8. The van der Waals surface area contributed by atoms with E-state index in [1.807, 2.05) is 0 Å². The second-order valence-electron chi connectivity index (χ2n) is 4.03. The number of aryl methyl sites for hydroxylation is 1. The molecule has 1 aromatic rings. The van der Waals surface area contributed by atoms with Crippen LogP contribution in [0.15, 0.2) is 34.7 Å². The summed E-state index contributed by atoms with van der Waals surface area (Å²) in [5.74, 6) is -0.585. The topological polar surface area (TPSA) is 101 Å². The highest BCUT2D eigenvalue weighted by Crippen LogP contribution is 2.35. The van der Waals surface area contributed by atoms with Gasteiger partial charge in [0.1, 0.15) is 4.90 Å². The number of benzene rings is 1. The summed E-state index contributed by atoms with van der Waals surface area (Å²) in [4.78, 5) is 12.5. The van der Waals surface area contributed by atoms with E-state index in [0.717, 1.165) is 5.56 Å². The fraction of sp³-hybridized carbons (Fsp3) is 0.182. The van der Waals surface area contributed by atoms with Gasteiger partial charge in [-0.3, -0.25) is 9.35 Å². The van der Waals surface area contributed by atoms with Crippen LogP contribution in [0, 0.1) is 6.92 Å². The SMILES string of the molecule is Cc1ccc(S(=O)(=O)O)c(N2C=CSC2C(N)=O)c1. The number of amides is 1. The summed E-state index contributed by atoms with van der Waals surface area (Å²) in [6.07, 6.45) is 1.56. The predicted octanol–water partition coefficient (Wildman–Crippen LogP) is 1.08. The van der Waals surface area contributed by atoms with Crippen LogP contribution in [-0.4, -0.2) is 24.3 Å². The van der Waals surface area contributed by atoms with E-state index in [4.69, 9.17) is 5.73 Å². The van der Waals surface area contributed by atoms with E-state index >= 15 is 0 Å². The van der Waals surface area contributed by atoms with Crippen LogP contribution < -0.4 is 10.6 Å². The minimum Gasteiger partial charge on any atom is -0.367 e. The standard InChI is InChI=1S/C11H12N2O4S2/c1-7-2-3-9(19(15,16)17)8(6-7)13-4-5-18-11(13)10(12)14/h2-6,11H,1H3,(H2,12,14)(H,15,16,17). The maximum absolute atomic E-state index is 11.4. The highest BCUT2D eigenvalue weighted by molar-refractivity contribution is 8.03. The van der Waals surface area contributed by atoms with Gasteiger partial charge in [-0.05, 0) is 30.0 Å². The van der Waals surface area contributed by atoms with Crippen molar-refractivity contribution in [3.8, 4) is 0 Å². The summed E-state index contributed by atoms with van der Waals surface area (Å²) in [5, 5.41) is 0.924. The zero-order valence-electron chi connectivity index (χ0n) is 9.98. The second-order valence-corrected chi connectivity index (χ2v) is 6.41. The summed E-state index contributed by atoms with van der Waals surface area (Å²) in [6, 6.07) is 4.45. The molecule has 102 valence electrons. The number of anilines is 1.